The summed E-state index contributed by atoms with van der Waals surface area (Å²) in [7, 11) is 0. The molecule has 0 saturated carbocycles. The monoisotopic (exact) mass is 1500 g/mol. The Bertz CT molecular complexity index is 4020. The second-order valence-electron chi connectivity index (χ2n) is 26.1. The lowest BCUT2D eigenvalue weighted by Crippen LogP contribution is -2.56. The zero-order valence-corrected chi connectivity index (χ0v) is 60.7. The van der Waals surface area contributed by atoms with Crippen LogP contribution in [0.3, 0.4) is 0 Å². The summed E-state index contributed by atoms with van der Waals surface area (Å²) >= 11 is 6.94. The molecule has 3 aliphatic heterocycles. The topological polar surface area (TPSA) is 129 Å². The van der Waals surface area contributed by atoms with Gasteiger partial charge in [-0.3, -0.25) is 33.9 Å². The van der Waals surface area contributed by atoms with E-state index in [1.165, 1.54) is 52.1 Å². The van der Waals surface area contributed by atoms with Gasteiger partial charge in [0.1, 0.15) is 6.04 Å². The third-order valence-electron chi connectivity index (χ3n) is 18.6. The minimum absolute atomic E-state index is 0.0678. The van der Waals surface area contributed by atoms with Crippen molar-refractivity contribution < 1.29 is 32.3 Å². The van der Waals surface area contributed by atoms with E-state index in [1.807, 2.05) is 160 Å². The highest BCUT2D eigenvalue weighted by molar-refractivity contribution is 9.10. The molecule has 0 unspecified atom stereocenters. The summed E-state index contributed by atoms with van der Waals surface area (Å²) in [5.41, 5.74) is 14.9. The van der Waals surface area contributed by atoms with Gasteiger partial charge in [0.15, 0.2) is 0 Å². The number of rotatable bonds is 23. The Morgan fingerprint density at radius 3 is 1.17 bits per heavy atom. The van der Waals surface area contributed by atoms with Gasteiger partial charge in [0, 0.05) is 133 Å². The Hall–Kier alpha value is -8.85. The fourth-order valence-corrected chi connectivity index (χ4v) is 13.3. The van der Waals surface area contributed by atoms with Crippen LogP contribution in [0.2, 0.25) is 0 Å². The minimum Gasteiger partial charge on any atom is -0.339 e. The first-order chi connectivity index (χ1) is 49.5. The molecule has 13 nitrogen and oxygen atoms in total. The standard InChI is InChI=1S/C37H35BrF3N3O2.C27H30BrN3O.C20H25N3O/c38-33-18-13-31(14-19-33)27-44(35(45)20-15-28-11-16-32(17-12-28)37(39,40)41)34(25-29-7-3-1-4-8-29)36(46)43-23-21-42(22-24-43)26-30-9-5-2-6-10-30;28-25-13-11-23(12-14-25)20-29-26(19-22-7-3-1-4-8-22)27(32)31-17-15-30(16-18-31)21-24-9-5-2-6-10-24;21-19(15-17-7-3-1-4-8-17)20(24)23-13-11-22(12-14-23)16-18-9-5-2-6-10-18/h1-20,34H,21-27H2;1-14,26,29H,15-21H2;1-10,19H,11-16,21H2/b20-15+;;/t34-;26-;19-/m000/s1. The molecule has 3 atom stereocenters. The van der Waals surface area contributed by atoms with Crippen molar-refractivity contribution in [2.75, 3.05) is 78.5 Å². The summed E-state index contributed by atoms with van der Waals surface area (Å²) in [5, 5.41) is 3.53. The molecular weight excluding hydrogens is 1420 g/mol. The van der Waals surface area contributed by atoms with Crippen LogP contribution in [-0.4, -0.2) is 155 Å². The normalized spacial score (nSPS) is 15.5. The molecule has 3 fully saturated rings. The summed E-state index contributed by atoms with van der Waals surface area (Å²) in [6.45, 7) is 12.7. The Morgan fingerprint density at radius 2 is 0.765 bits per heavy atom. The lowest BCUT2D eigenvalue weighted by molar-refractivity contribution is -0.145. The van der Waals surface area contributed by atoms with Gasteiger partial charge in [-0.15, -0.1) is 0 Å². The van der Waals surface area contributed by atoms with E-state index in [-0.39, 0.29) is 30.3 Å². The second kappa shape index (κ2) is 39.0. The van der Waals surface area contributed by atoms with Crippen LogP contribution in [0.4, 0.5) is 13.2 Å². The van der Waals surface area contributed by atoms with Crippen molar-refractivity contribution in [2.24, 2.45) is 5.73 Å². The Labute approximate surface area is 615 Å². The second-order valence-corrected chi connectivity index (χ2v) is 27.9. The van der Waals surface area contributed by atoms with E-state index < -0.39 is 29.7 Å². The maximum absolute atomic E-state index is 14.3. The van der Waals surface area contributed by atoms with Crippen LogP contribution in [0.5, 0.6) is 0 Å². The van der Waals surface area contributed by atoms with Crippen molar-refractivity contribution in [1.29, 1.82) is 0 Å². The van der Waals surface area contributed by atoms with Gasteiger partial charge in [-0.05, 0) is 105 Å². The molecular formula is C84H90Br2F3N9O4. The van der Waals surface area contributed by atoms with Crippen molar-refractivity contribution in [3.8, 4) is 0 Å². The van der Waals surface area contributed by atoms with Crippen molar-refractivity contribution in [1.82, 2.24) is 39.6 Å². The number of carbonyl (C=O) groups excluding carboxylic acids is 4. The molecule has 0 radical (unpaired) electrons. The van der Waals surface area contributed by atoms with E-state index >= 15 is 0 Å². The number of hydrogen-bond acceptors (Lipinski definition) is 9. The van der Waals surface area contributed by atoms with E-state index in [2.05, 4.69) is 137 Å². The Kier molecular flexibility index (Phi) is 29.0. The third kappa shape index (κ3) is 24.1. The first-order valence-corrected chi connectivity index (χ1v) is 36.5. The van der Waals surface area contributed by atoms with E-state index in [1.54, 1.807) is 4.90 Å². The smallest absolute Gasteiger partial charge is 0.339 e. The van der Waals surface area contributed by atoms with Crippen molar-refractivity contribution >= 4 is 61.6 Å². The number of nitrogens with two attached hydrogens (primary N) is 1. The highest BCUT2D eigenvalue weighted by Crippen LogP contribution is 2.30. The maximum Gasteiger partial charge on any atom is 0.416 e. The van der Waals surface area contributed by atoms with Crippen LogP contribution in [0.25, 0.3) is 6.08 Å². The zero-order valence-electron chi connectivity index (χ0n) is 57.5. The number of hydrogen-bond donors (Lipinski definition) is 2. The molecule has 3 heterocycles. The number of halogens is 5. The fraction of sp³-hybridized carbons (Fsp3) is 0.286. The molecule has 18 heteroatoms. The average molecular weight is 1510 g/mol. The SMILES string of the molecule is N[C@@H](Cc1ccccc1)C(=O)N1CCN(Cc2ccccc2)CC1.O=C([C@H](Cc1ccccc1)N(Cc1ccc(Br)cc1)C(=O)/C=C/c1ccc(C(F)(F)F)cc1)N1CCN(Cc2ccccc2)CC1.O=C([C@H](Cc1ccccc1)NCc1ccc(Br)cc1)N1CCN(Cc2ccccc2)CC1. The number of alkyl halides is 3. The molecule has 4 amide bonds. The van der Waals surface area contributed by atoms with E-state index in [4.69, 9.17) is 5.73 Å². The summed E-state index contributed by atoms with van der Waals surface area (Å²) in [5.74, 6) is -0.264. The van der Waals surface area contributed by atoms with Crippen LogP contribution in [0.1, 0.15) is 55.6 Å². The molecule has 0 aromatic heterocycles. The van der Waals surface area contributed by atoms with Gasteiger partial charge >= 0.3 is 6.18 Å². The molecule has 3 aliphatic rings. The van der Waals surface area contributed by atoms with Crippen LogP contribution in [-0.2, 0) is 77.3 Å². The fourth-order valence-electron chi connectivity index (χ4n) is 12.8. The number of amides is 4. The number of benzene rings is 9. The van der Waals surface area contributed by atoms with Gasteiger partial charge in [-0.2, -0.15) is 13.2 Å². The van der Waals surface area contributed by atoms with Gasteiger partial charge in [-0.25, -0.2) is 0 Å². The molecule has 9 aromatic carbocycles. The van der Waals surface area contributed by atoms with E-state index in [0.29, 0.717) is 57.5 Å². The van der Waals surface area contributed by atoms with Gasteiger partial charge < -0.3 is 30.7 Å². The van der Waals surface area contributed by atoms with Crippen LogP contribution in [0.15, 0.2) is 270 Å². The summed E-state index contributed by atoms with van der Waals surface area (Å²) < 4.78 is 41.2. The van der Waals surface area contributed by atoms with E-state index in [9.17, 15) is 32.3 Å². The molecule has 3 saturated heterocycles. The molecule has 102 heavy (non-hydrogen) atoms. The molecule has 0 aliphatic carbocycles. The van der Waals surface area contributed by atoms with Gasteiger partial charge in [0.05, 0.1) is 17.6 Å². The van der Waals surface area contributed by atoms with Crippen molar-refractivity contribution in [3.63, 3.8) is 0 Å². The molecule has 3 N–H and O–H groups in total. The average Bonchev–Trinajstić information content (AvgIpc) is 0.819. The number of nitrogens with one attached hydrogen (secondary N) is 1. The van der Waals surface area contributed by atoms with Crippen LogP contribution < -0.4 is 11.1 Å². The summed E-state index contributed by atoms with van der Waals surface area (Å²) in [6.07, 6.45) is -0.00375. The predicted molar refractivity (Wildman–Crippen MR) is 407 cm³/mol. The maximum atomic E-state index is 14.3. The molecule has 0 spiro atoms. The van der Waals surface area contributed by atoms with Crippen LogP contribution in [0, 0.1) is 0 Å². The van der Waals surface area contributed by atoms with Gasteiger partial charge in [0.25, 0.3) is 0 Å². The minimum atomic E-state index is -4.45. The molecule has 9 aromatic rings. The molecule has 12 rings (SSSR count). The highest BCUT2D eigenvalue weighted by atomic mass is 79.9. The quantitative estimate of drug-likeness (QED) is 0.0602. The lowest BCUT2D eigenvalue weighted by atomic mass is 10.0. The van der Waals surface area contributed by atoms with Crippen molar-refractivity contribution in [3.05, 3.63) is 325 Å². The highest BCUT2D eigenvalue weighted by Gasteiger charge is 2.35. The number of nitrogens with zero attached hydrogens (tertiary/aromatic N) is 7. The number of carbonyl (C=O) groups is 4. The van der Waals surface area contributed by atoms with Crippen molar-refractivity contribution in [2.45, 2.75) is 76.3 Å². The Morgan fingerprint density at radius 1 is 0.412 bits per heavy atom. The predicted octanol–water partition coefficient (Wildman–Crippen LogP) is 13.9. The third-order valence-corrected chi connectivity index (χ3v) is 19.7. The zero-order chi connectivity index (χ0) is 71.5. The van der Waals surface area contributed by atoms with E-state index in [0.717, 1.165) is 110 Å². The van der Waals surface area contributed by atoms with Crippen LogP contribution >= 0.6 is 31.9 Å². The van der Waals surface area contributed by atoms with Gasteiger partial charge in [0.2, 0.25) is 23.6 Å². The summed E-state index contributed by atoms with van der Waals surface area (Å²) in [4.78, 5) is 68.8. The summed E-state index contributed by atoms with van der Waals surface area (Å²) in [6, 6.07) is 80.1. The Balaban J connectivity index is 0.000000174. The lowest BCUT2D eigenvalue weighted by Gasteiger charge is -2.39. The largest absolute Gasteiger partial charge is 0.416 e. The molecule has 530 valence electrons. The molecule has 0 bridgehead atoms. The first kappa shape index (κ1) is 75.8. The number of piperazine rings is 3. The first-order valence-electron chi connectivity index (χ1n) is 35.0. The van der Waals surface area contributed by atoms with Gasteiger partial charge in [-0.1, -0.05) is 250 Å².